The van der Waals surface area contributed by atoms with Crippen molar-refractivity contribution in [2.24, 2.45) is 0 Å². The van der Waals surface area contributed by atoms with E-state index in [1.807, 2.05) is 24.3 Å². The molecule has 0 aromatic heterocycles. The average Bonchev–Trinajstić information content (AvgIpc) is 2.08. The van der Waals surface area contributed by atoms with E-state index in [1.165, 1.54) is 0 Å². The van der Waals surface area contributed by atoms with Gasteiger partial charge in [0.15, 0.2) is 0 Å². The zero-order valence-corrected chi connectivity index (χ0v) is 10.2. The van der Waals surface area contributed by atoms with Crippen molar-refractivity contribution in [2.45, 2.75) is 0 Å². The Balaban J connectivity index is 0. The summed E-state index contributed by atoms with van der Waals surface area (Å²) in [5.74, 6) is 0.905. The number of ether oxygens (including phenoxy) is 1. The molecular weight excluding hydrogens is 285 g/mol. The normalized spacial score (nSPS) is 7.33. The third-order valence-corrected chi connectivity index (χ3v) is 1.45. The Morgan fingerprint density at radius 3 is 2.33 bits per heavy atom. The molecule has 0 fully saturated rings. The van der Waals surface area contributed by atoms with E-state index in [9.17, 15) is 0 Å². The van der Waals surface area contributed by atoms with E-state index in [2.05, 4.69) is 27.2 Å². The molecule has 1 atom stereocenters. The van der Waals surface area contributed by atoms with Gasteiger partial charge in [0, 0.05) is 20.4 Å². The van der Waals surface area contributed by atoms with Crippen LogP contribution in [0.1, 0.15) is 0 Å². The van der Waals surface area contributed by atoms with Crippen molar-refractivity contribution < 1.29 is 25.2 Å². The van der Waals surface area contributed by atoms with Gasteiger partial charge in [0.25, 0.3) is 0 Å². The largest absolute Gasteiger partial charge is 0.497 e. The first kappa shape index (κ1) is 14.9. The van der Waals surface area contributed by atoms with Gasteiger partial charge in [-0.3, -0.25) is 6.38 Å². The molecule has 0 aliphatic carbocycles. The number of hydrogen-bond acceptors (Lipinski definition) is 1. The first-order valence-corrected chi connectivity index (χ1v) is 4.10. The number of benzene rings is 1. The molecule has 0 bridgehead atoms. The second-order valence-electron chi connectivity index (χ2n) is 1.78. The van der Waals surface area contributed by atoms with Crippen LogP contribution in [0.2, 0.25) is 0 Å². The standard InChI is InChI=1S/C7H9OP.CH2Cl.Pd/c1-8-6-3-2-4-7(9)5-6;1-2;/h2-5H,9H2,1H3;1H2;/q;-1;. The number of halogens is 1. The summed E-state index contributed by atoms with van der Waals surface area (Å²) in [6.07, 6.45) is 2.72. The molecular formula is C8H11ClOPPd-. The molecule has 0 heterocycles. The van der Waals surface area contributed by atoms with Crippen molar-refractivity contribution >= 4 is 26.1 Å². The van der Waals surface area contributed by atoms with Gasteiger partial charge < -0.3 is 16.3 Å². The Labute approximate surface area is 94.7 Å². The molecule has 0 N–H and O–H groups in total. The van der Waals surface area contributed by atoms with E-state index in [-0.39, 0.29) is 20.4 Å². The van der Waals surface area contributed by atoms with Crippen molar-refractivity contribution in [3.05, 3.63) is 30.6 Å². The maximum Gasteiger partial charge on any atom is 0.119 e. The summed E-state index contributed by atoms with van der Waals surface area (Å²) in [5.41, 5.74) is 0. The molecule has 0 spiro atoms. The molecule has 12 heavy (non-hydrogen) atoms. The van der Waals surface area contributed by atoms with E-state index < -0.39 is 0 Å². The van der Waals surface area contributed by atoms with Gasteiger partial charge in [0.1, 0.15) is 5.75 Å². The molecule has 0 saturated carbocycles. The van der Waals surface area contributed by atoms with Gasteiger partial charge in [0.2, 0.25) is 0 Å². The minimum absolute atomic E-state index is 0. The van der Waals surface area contributed by atoms with Crippen LogP contribution in [-0.4, -0.2) is 7.11 Å². The van der Waals surface area contributed by atoms with Crippen molar-refractivity contribution in [3.8, 4) is 5.75 Å². The zero-order valence-electron chi connectivity index (χ0n) is 6.70. The minimum atomic E-state index is 0. The molecule has 0 amide bonds. The van der Waals surface area contributed by atoms with E-state index in [1.54, 1.807) is 7.11 Å². The van der Waals surface area contributed by atoms with Crippen molar-refractivity contribution in [3.63, 3.8) is 0 Å². The summed E-state index contributed by atoms with van der Waals surface area (Å²) >= 11 is 4.39. The van der Waals surface area contributed by atoms with Gasteiger partial charge in [-0.25, -0.2) is 0 Å². The monoisotopic (exact) mass is 295 g/mol. The first-order valence-electron chi connectivity index (χ1n) is 2.99. The van der Waals surface area contributed by atoms with Crippen LogP contribution in [-0.2, 0) is 20.4 Å². The van der Waals surface area contributed by atoms with Crippen LogP contribution in [0.5, 0.6) is 5.75 Å². The van der Waals surface area contributed by atoms with Crippen LogP contribution in [0.3, 0.4) is 0 Å². The molecule has 0 aliphatic heterocycles. The smallest absolute Gasteiger partial charge is 0.119 e. The Bertz CT molecular complexity index is 208. The molecule has 4 heteroatoms. The van der Waals surface area contributed by atoms with E-state index in [0.717, 1.165) is 11.1 Å². The summed E-state index contributed by atoms with van der Waals surface area (Å²) < 4.78 is 4.98. The van der Waals surface area contributed by atoms with E-state index in [4.69, 9.17) is 4.74 Å². The maximum atomic E-state index is 4.98. The second kappa shape index (κ2) is 9.49. The van der Waals surface area contributed by atoms with E-state index >= 15 is 0 Å². The van der Waals surface area contributed by atoms with Crippen LogP contribution >= 0.6 is 20.8 Å². The maximum absolute atomic E-state index is 4.98. The van der Waals surface area contributed by atoms with Crippen LogP contribution in [0.25, 0.3) is 0 Å². The summed E-state index contributed by atoms with van der Waals surface area (Å²) in [6, 6.07) is 7.85. The van der Waals surface area contributed by atoms with Gasteiger partial charge >= 0.3 is 0 Å². The Morgan fingerprint density at radius 1 is 1.42 bits per heavy atom. The average molecular weight is 296 g/mol. The van der Waals surface area contributed by atoms with Crippen LogP contribution in [0.4, 0.5) is 0 Å². The van der Waals surface area contributed by atoms with Crippen molar-refractivity contribution in [2.75, 3.05) is 7.11 Å². The third-order valence-electron chi connectivity index (χ3n) is 1.09. The van der Waals surface area contributed by atoms with Crippen LogP contribution < -0.4 is 10.0 Å². The summed E-state index contributed by atoms with van der Waals surface area (Å²) in [7, 11) is 4.28. The molecule has 0 radical (unpaired) electrons. The van der Waals surface area contributed by atoms with Gasteiger partial charge in [-0.05, 0) is 17.4 Å². The summed E-state index contributed by atoms with van der Waals surface area (Å²) in [5, 5.41) is 1.15. The van der Waals surface area contributed by atoms with Gasteiger partial charge in [-0.15, -0.1) is 9.24 Å². The number of rotatable bonds is 1. The predicted octanol–water partition coefficient (Wildman–Crippen LogP) is 2.21. The predicted molar refractivity (Wildman–Crippen MR) is 53.5 cm³/mol. The van der Waals surface area contributed by atoms with Crippen LogP contribution in [0.15, 0.2) is 24.3 Å². The summed E-state index contributed by atoms with van der Waals surface area (Å²) in [6.45, 7) is 0. The minimum Gasteiger partial charge on any atom is -0.497 e. The molecule has 1 rings (SSSR count). The Morgan fingerprint density at radius 2 is 2.00 bits per heavy atom. The Kier molecular flexibility index (Phi) is 11.8. The molecule has 0 aliphatic rings. The molecule has 0 saturated heterocycles. The molecule has 72 valence electrons. The number of hydrogen-bond donors (Lipinski definition) is 0. The van der Waals surface area contributed by atoms with Gasteiger partial charge in [-0.1, -0.05) is 12.1 Å². The summed E-state index contributed by atoms with van der Waals surface area (Å²) in [4.78, 5) is 0. The fourth-order valence-corrected chi connectivity index (χ4v) is 0.917. The fraction of sp³-hybridized carbons (Fsp3) is 0.125. The molecule has 1 unspecified atom stereocenters. The fourth-order valence-electron chi connectivity index (χ4n) is 0.642. The van der Waals surface area contributed by atoms with Gasteiger partial charge in [-0.2, -0.15) is 0 Å². The zero-order chi connectivity index (χ0) is 8.69. The van der Waals surface area contributed by atoms with Crippen molar-refractivity contribution in [1.29, 1.82) is 0 Å². The van der Waals surface area contributed by atoms with Crippen LogP contribution in [0, 0.1) is 6.38 Å². The molecule has 1 aromatic rings. The van der Waals surface area contributed by atoms with Crippen molar-refractivity contribution in [1.82, 2.24) is 0 Å². The number of methoxy groups -OCH3 is 1. The SMILES string of the molecule is COc1cccc(P)c1.[CH2-]Cl.[Pd]. The Hall–Kier alpha value is 0.402. The third kappa shape index (κ3) is 5.98. The topological polar surface area (TPSA) is 9.23 Å². The van der Waals surface area contributed by atoms with E-state index in [0.29, 0.717) is 0 Å². The second-order valence-corrected chi connectivity index (χ2v) is 2.44. The quantitative estimate of drug-likeness (QED) is 0.438. The molecule has 1 aromatic carbocycles. The first-order chi connectivity index (χ1) is 5.33. The molecule has 1 nitrogen and oxygen atoms in total. The van der Waals surface area contributed by atoms with Gasteiger partial charge in [0.05, 0.1) is 7.11 Å².